The van der Waals surface area contributed by atoms with Gasteiger partial charge in [0, 0.05) is 0 Å². The van der Waals surface area contributed by atoms with Gasteiger partial charge in [-0.15, -0.1) is 0 Å². The minimum absolute atomic E-state index is 0.503. The SMILES string of the molecule is CCCc1cc(-c2ccccc2)cc(CCC)c1O. The van der Waals surface area contributed by atoms with E-state index in [4.69, 9.17) is 0 Å². The molecule has 0 aromatic heterocycles. The van der Waals surface area contributed by atoms with Crippen molar-refractivity contribution in [1.29, 1.82) is 0 Å². The van der Waals surface area contributed by atoms with Crippen LogP contribution >= 0.6 is 0 Å². The fourth-order valence-corrected chi connectivity index (χ4v) is 2.48. The third kappa shape index (κ3) is 3.17. The van der Waals surface area contributed by atoms with Crippen molar-refractivity contribution in [2.45, 2.75) is 39.5 Å². The predicted molar refractivity (Wildman–Crippen MR) is 81.5 cm³/mol. The molecule has 0 atom stereocenters. The number of aryl methyl sites for hydroxylation is 2. The van der Waals surface area contributed by atoms with Crippen LogP contribution in [0.4, 0.5) is 0 Å². The molecule has 1 N–H and O–H groups in total. The molecule has 0 bridgehead atoms. The molecule has 2 aromatic carbocycles. The summed E-state index contributed by atoms with van der Waals surface area (Å²) in [4.78, 5) is 0. The van der Waals surface area contributed by atoms with Crippen molar-refractivity contribution in [3.8, 4) is 16.9 Å². The molecular weight excluding hydrogens is 232 g/mol. The van der Waals surface area contributed by atoms with E-state index >= 15 is 0 Å². The molecule has 0 aliphatic rings. The van der Waals surface area contributed by atoms with Gasteiger partial charge < -0.3 is 5.11 Å². The number of phenolic OH excluding ortho intramolecular Hbond substituents is 1. The van der Waals surface area contributed by atoms with Crippen LogP contribution in [0.2, 0.25) is 0 Å². The summed E-state index contributed by atoms with van der Waals surface area (Å²) in [7, 11) is 0. The lowest BCUT2D eigenvalue weighted by Gasteiger charge is -2.12. The third-order valence-electron chi connectivity index (χ3n) is 3.41. The van der Waals surface area contributed by atoms with Crippen molar-refractivity contribution in [2.75, 3.05) is 0 Å². The molecule has 2 aromatic rings. The first-order chi connectivity index (χ1) is 9.26. The normalized spacial score (nSPS) is 10.6. The Labute approximate surface area is 115 Å². The molecule has 0 saturated heterocycles. The molecule has 0 aliphatic carbocycles. The third-order valence-corrected chi connectivity index (χ3v) is 3.41. The maximum absolute atomic E-state index is 10.3. The van der Waals surface area contributed by atoms with E-state index < -0.39 is 0 Å². The summed E-state index contributed by atoms with van der Waals surface area (Å²) in [5.41, 5.74) is 4.59. The van der Waals surface area contributed by atoms with Crippen LogP contribution in [0, 0.1) is 0 Å². The summed E-state index contributed by atoms with van der Waals surface area (Å²) in [5.74, 6) is 0.503. The first-order valence-corrected chi connectivity index (χ1v) is 7.16. The van der Waals surface area contributed by atoms with Gasteiger partial charge >= 0.3 is 0 Å². The van der Waals surface area contributed by atoms with Crippen LogP contribution in [0.15, 0.2) is 42.5 Å². The minimum atomic E-state index is 0.503. The van der Waals surface area contributed by atoms with Gasteiger partial charge in [0.25, 0.3) is 0 Å². The van der Waals surface area contributed by atoms with Crippen LogP contribution in [-0.4, -0.2) is 5.11 Å². The lowest BCUT2D eigenvalue weighted by Crippen LogP contribution is -1.93. The first-order valence-electron chi connectivity index (χ1n) is 7.16. The molecule has 1 nitrogen and oxygen atoms in total. The lowest BCUT2D eigenvalue weighted by molar-refractivity contribution is 0.460. The van der Waals surface area contributed by atoms with Crippen LogP contribution < -0.4 is 0 Å². The summed E-state index contributed by atoms with van der Waals surface area (Å²) in [6.45, 7) is 4.29. The van der Waals surface area contributed by atoms with Crippen LogP contribution in [0.25, 0.3) is 11.1 Å². The Morgan fingerprint density at radius 3 is 1.79 bits per heavy atom. The van der Waals surface area contributed by atoms with Crippen molar-refractivity contribution < 1.29 is 5.11 Å². The van der Waals surface area contributed by atoms with Gasteiger partial charge in [-0.3, -0.25) is 0 Å². The van der Waals surface area contributed by atoms with Crippen molar-refractivity contribution in [1.82, 2.24) is 0 Å². The number of phenols is 1. The van der Waals surface area contributed by atoms with E-state index in [1.54, 1.807) is 0 Å². The molecule has 2 rings (SSSR count). The second-order valence-electron chi connectivity index (χ2n) is 5.01. The predicted octanol–water partition coefficient (Wildman–Crippen LogP) is 4.96. The number of aromatic hydroxyl groups is 1. The Hall–Kier alpha value is -1.76. The van der Waals surface area contributed by atoms with E-state index in [1.165, 1.54) is 11.1 Å². The molecule has 0 heterocycles. The highest BCUT2D eigenvalue weighted by molar-refractivity contribution is 5.67. The van der Waals surface area contributed by atoms with E-state index in [0.717, 1.165) is 36.8 Å². The van der Waals surface area contributed by atoms with Gasteiger partial charge in [-0.1, -0.05) is 57.0 Å². The van der Waals surface area contributed by atoms with Crippen LogP contribution in [0.1, 0.15) is 37.8 Å². The number of benzene rings is 2. The Morgan fingerprint density at radius 1 is 0.789 bits per heavy atom. The minimum Gasteiger partial charge on any atom is -0.507 e. The second kappa shape index (κ2) is 6.42. The quantitative estimate of drug-likeness (QED) is 0.799. The van der Waals surface area contributed by atoms with Crippen LogP contribution in [0.5, 0.6) is 5.75 Å². The molecule has 0 aliphatic heterocycles. The number of hydrogen-bond acceptors (Lipinski definition) is 1. The molecule has 100 valence electrons. The van der Waals surface area contributed by atoms with Crippen molar-refractivity contribution in [2.24, 2.45) is 0 Å². The lowest BCUT2D eigenvalue weighted by atomic mass is 9.95. The highest BCUT2D eigenvalue weighted by Crippen LogP contribution is 2.31. The van der Waals surface area contributed by atoms with E-state index in [1.807, 2.05) is 6.07 Å². The Kier molecular flexibility index (Phi) is 4.62. The Morgan fingerprint density at radius 2 is 1.32 bits per heavy atom. The molecule has 0 spiro atoms. The van der Waals surface area contributed by atoms with Crippen molar-refractivity contribution >= 4 is 0 Å². The zero-order chi connectivity index (χ0) is 13.7. The summed E-state index contributed by atoms with van der Waals surface area (Å²) in [6, 6.07) is 14.7. The average molecular weight is 254 g/mol. The number of hydrogen-bond donors (Lipinski definition) is 1. The van der Waals surface area contributed by atoms with Crippen molar-refractivity contribution in [3.63, 3.8) is 0 Å². The number of rotatable bonds is 5. The maximum Gasteiger partial charge on any atom is 0.121 e. The van der Waals surface area contributed by atoms with Gasteiger partial charge in [0.05, 0.1) is 0 Å². The first kappa shape index (κ1) is 13.7. The van der Waals surface area contributed by atoms with E-state index in [-0.39, 0.29) is 0 Å². The summed E-state index contributed by atoms with van der Waals surface area (Å²) in [6.07, 6.45) is 3.97. The molecular formula is C18H22O. The molecule has 0 saturated carbocycles. The average Bonchev–Trinajstić information content (AvgIpc) is 2.44. The van der Waals surface area contributed by atoms with Crippen LogP contribution in [-0.2, 0) is 12.8 Å². The molecule has 1 heteroatoms. The molecule has 0 amide bonds. The monoisotopic (exact) mass is 254 g/mol. The summed E-state index contributed by atoms with van der Waals surface area (Å²) >= 11 is 0. The summed E-state index contributed by atoms with van der Waals surface area (Å²) in [5, 5.41) is 10.3. The fraction of sp³-hybridized carbons (Fsp3) is 0.333. The van der Waals surface area contributed by atoms with Crippen molar-refractivity contribution in [3.05, 3.63) is 53.6 Å². The second-order valence-corrected chi connectivity index (χ2v) is 5.01. The summed E-state index contributed by atoms with van der Waals surface area (Å²) < 4.78 is 0. The molecule has 0 fully saturated rings. The largest absolute Gasteiger partial charge is 0.507 e. The van der Waals surface area contributed by atoms with E-state index in [0.29, 0.717) is 5.75 Å². The van der Waals surface area contributed by atoms with Gasteiger partial charge in [0.2, 0.25) is 0 Å². The zero-order valence-electron chi connectivity index (χ0n) is 11.8. The molecule has 0 radical (unpaired) electrons. The standard InChI is InChI=1S/C18H22O/c1-3-8-15-12-17(14-10-6-5-7-11-14)13-16(9-4-2)18(15)19/h5-7,10-13,19H,3-4,8-9H2,1-2H3. The van der Waals surface area contributed by atoms with E-state index in [2.05, 4.69) is 50.2 Å². The topological polar surface area (TPSA) is 20.2 Å². The zero-order valence-corrected chi connectivity index (χ0v) is 11.8. The molecule has 0 unspecified atom stereocenters. The fourth-order valence-electron chi connectivity index (χ4n) is 2.48. The Bertz CT molecular complexity index is 502. The Balaban J connectivity index is 2.49. The van der Waals surface area contributed by atoms with E-state index in [9.17, 15) is 5.11 Å². The highest BCUT2D eigenvalue weighted by atomic mass is 16.3. The maximum atomic E-state index is 10.3. The van der Waals surface area contributed by atoms with Gasteiger partial charge in [-0.05, 0) is 47.2 Å². The smallest absolute Gasteiger partial charge is 0.121 e. The van der Waals surface area contributed by atoms with Crippen LogP contribution in [0.3, 0.4) is 0 Å². The molecule has 19 heavy (non-hydrogen) atoms. The highest BCUT2D eigenvalue weighted by Gasteiger charge is 2.10. The van der Waals surface area contributed by atoms with Gasteiger partial charge in [0.15, 0.2) is 0 Å². The van der Waals surface area contributed by atoms with Gasteiger partial charge in [-0.25, -0.2) is 0 Å². The van der Waals surface area contributed by atoms with Gasteiger partial charge in [0.1, 0.15) is 5.75 Å². The van der Waals surface area contributed by atoms with Gasteiger partial charge in [-0.2, -0.15) is 0 Å².